The molecule has 1 saturated carbocycles. The minimum absolute atomic E-state index is 0.0506. The maximum atomic E-state index is 12.6. The number of esters is 1. The highest BCUT2D eigenvalue weighted by Crippen LogP contribution is 2.52. The van der Waals surface area contributed by atoms with Gasteiger partial charge in [0.05, 0.1) is 29.1 Å². The lowest BCUT2D eigenvalue weighted by Gasteiger charge is -2.18. The number of nitrogens with zero attached hydrogens (tertiary/aromatic N) is 2. The summed E-state index contributed by atoms with van der Waals surface area (Å²) < 4.78 is 4.95. The predicted octanol–water partition coefficient (Wildman–Crippen LogP) is 1.09. The van der Waals surface area contributed by atoms with E-state index in [9.17, 15) is 24.0 Å². The van der Waals surface area contributed by atoms with Crippen LogP contribution < -0.4 is 5.32 Å². The lowest BCUT2D eigenvalue weighted by molar-refractivity contribution is -0.156. The van der Waals surface area contributed by atoms with Crippen LogP contribution >= 0.6 is 11.6 Å². The summed E-state index contributed by atoms with van der Waals surface area (Å²) in [5.74, 6) is -3.32. The average molecular weight is 460 g/mol. The van der Waals surface area contributed by atoms with E-state index in [1.165, 1.54) is 7.05 Å². The third kappa shape index (κ3) is 4.12. The van der Waals surface area contributed by atoms with Gasteiger partial charge in [0.15, 0.2) is 6.61 Å². The van der Waals surface area contributed by atoms with Crippen LogP contribution in [-0.2, 0) is 28.7 Å². The highest BCUT2D eigenvalue weighted by molar-refractivity contribution is 6.33. The molecule has 2 fully saturated rings. The zero-order chi connectivity index (χ0) is 23.0. The molecule has 2 bridgehead atoms. The van der Waals surface area contributed by atoms with Gasteiger partial charge in [0.2, 0.25) is 17.7 Å². The highest BCUT2D eigenvalue weighted by atomic mass is 35.5. The molecule has 4 atom stereocenters. The molecule has 10 heteroatoms. The second-order valence-corrected chi connectivity index (χ2v) is 8.61. The Hall–Kier alpha value is -3.20. The fourth-order valence-electron chi connectivity index (χ4n) is 4.60. The first-order valence-corrected chi connectivity index (χ1v) is 10.6. The molecule has 2 aliphatic carbocycles. The summed E-state index contributed by atoms with van der Waals surface area (Å²) >= 11 is 5.98. The Bertz CT molecular complexity index is 995. The quantitative estimate of drug-likeness (QED) is 0.371. The molecule has 0 radical (unpaired) electrons. The van der Waals surface area contributed by atoms with Crippen LogP contribution in [0.25, 0.3) is 0 Å². The molecule has 1 heterocycles. The molecule has 1 aromatic rings. The van der Waals surface area contributed by atoms with Crippen LogP contribution in [0.1, 0.15) is 6.42 Å². The van der Waals surface area contributed by atoms with E-state index >= 15 is 0 Å². The van der Waals surface area contributed by atoms with Crippen molar-refractivity contribution in [2.75, 3.05) is 32.1 Å². The molecule has 4 amide bonds. The van der Waals surface area contributed by atoms with E-state index in [4.69, 9.17) is 16.3 Å². The van der Waals surface area contributed by atoms with Crippen molar-refractivity contribution in [3.8, 4) is 0 Å². The van der Waals surface area contributed by atoms with Gasteiger partial charge < -0.3 is 15.0 Å². The summed E-state index contributed by atoms with van der Waals surface area (Å²) in [4.78, 5) is 63.7. The van der Waals surface area contributed by atoms with Crippen LogP contribution in [0.2, 0.25) is 5.02 Å². The standard InChI is InChI=1S/C22H22ClN3O6/c1-25(9-16(27)24-15-5-3-2-4-14(15)23)17(28)11-32-18(29)10-26-21(30)19-12-6-7-13(8-12)20(19)22(26)31/h2-7,12-13,19-20H,8-11H2,1H3,(H,24,27). The van der Waals surface area contributed by atoms with Gasteiger partial charge in [-0.2, -0.15) is 0 Å². The molecule has 32 heavy (non-hydrogen) atoms. The smallest absolute Gasteiger partial charge is 0.326 e. The molecule has 1 aromatic carbocycles. The topological polar surface area (TPSA) is 113 Å². The van der Waals surface area contributed by atoms with Crippen molar-refractivity contribution in [3.05, 3.63) is 41.4 Å². The van der Waals surface area contributed by atoms with Crippen molar-refractivity contribution in [2.45, 2.75) is 6.42 Å². The second-order valence-electron chi connectivity index (χ2n) is 8.20. The predicted molar refractivity (Wildman–Crippen MR) is 113 cm³/mol. The van der Waals surface area contributed by atoms with E-state index < -0.39 is 42.8 Å². The summed E-state index contributed by atoms with van der Waals surface area (Å²) in [7, 11) is 1.39. The zero-order valence-corrected chi connectivity index (χ0v) is 18.1. The molecular formula is C22H22ClN3O6. The maximum absolute atomic E-state index is 12.6. The monoisotopic (exact) mass is 459 g/mol. The fourth-order valence-corrected chi connectivity index (χ4v) is 4.79. The molecule has 1 N–H and O–H groups in total. The zero-order valence-electron chi connectivity index (χ0n) is 17.3. The van der Waals surface area contributed by atoms with Crippen LogP contribution in [-0.4, -0.2) is 66.1 Å². The highest BCUT2D eigenvalue weighted by Gasteiger charge is 2.59. The summed E-state index contributed by atoms with van der Waals surface area (Å²) in [6.07, 6.45) is 4.74. The van der Waals surface area contributed by atoms with Gasteiger partial charge in [-0.3, -0.25) is 28.9 Å². The van der Waals surface area contributed by atoms with E-state index in [0.717, 1.165) is 16.2 Å². The van der Waals surface area contributed by atoms with E-state index in [1.807, 2.05) is 12.2 Å². The Kier molecular flexibility index (Phi) is 6.01. The molecule has 3 aliphatic rings. The number of nitrogens with one attached hydrogen (secondary N) is 1. The third-order valence-corrected chi connectivity index (χ3v) is 6.49. The maximum Gasteiger partial charge on any atom is 0.326 e. The van der Waals surface area contributed by atoms with Gasteiger partial charge in [0.25, 0.3) is 5.91 Å². The van der Waals surface area contributed by atoms with Crippen molar-refractivity contribution in [1.82, 2.24) is 9.80 Å². The number of imide groups is 1. The Balaban J connectivity index is 1.23. The molecule has 1 saturated heterocycles. The first-order valence-electron chi connectivity index (χ1n) is 10.2. The van der Waals surface area contributed by atoms with Crippen molar-refractivity contribution < 1.29 is 28.7 Å². The number of anilines is 1. The molecule has 9 nitrogen and oxygen atoms in total. The molecule has 0 spiro atoms. The molecular weight excluding hydrogens is 438 g/mol. The van der Waals surface area contributed by atoms with Gasteiger partial charge >= 0.3 is 5.97 Å². The SMILES string of the molecule is CN(CC(=O)Nc1ccccc1Cl)C(=O)COC(=O)CN1C(=O)C2C3C=CC(C3)C2C1=O. The van der Waals surface area contributed by atoms with Crippen LogP contribution in [0, 0.1) is 23.7 Å². The van der Waals surface area contributed by atoms with Gasteiger partial charge in [-0.05, 0) is 30.4 Å². The first-order chi connectivity index (χ1) is 15.3. The number of amides is 4. The number of carbonyl (C=O) groups is 5. The van der Waals surface area contributed by atoms with Crippen LogP contribution in [0.4, 0.5) is 5.69 Å². The van der Waals surface area contributed by atoms with Crippen LogP contribution in [0.3, 0.4) is 0 Å². The van der Waals surface area contributed by atoms with Gasteiger partial charge in [-0.15, -0.1) is 0 Å². The van der Waals surface area contributed by atoms with Crippen molar-refractivity contribution >= 4 is 46.9 Å². The Labute approximate surface area is 189 Å². The molecule has 1 aliphatic heterocycles. The number of carbonyl (C=O) groups excluding carboxylic acids is 5. The van der Waals surface area contributed by atoms with Gasteiger partial charge in [0.1, 0.15) is 6.54 Å². The number of ether oxygens (including phenoxy) is 1. The van der Waals surface area contributed by atoms with Gasteiger partial charge in [-0.25, -0.2) is 0 Å². The molecule has 4 unspecified atom stereocenters. The van der Waals surface area contributed by atoms with E-state index in [1.54, 1.807) is 24.3 Å². The Morgan fingerprint density at radius 2 is 1.75 bits per heavy atom. The number of allylic oxidation sites excluding steroid dienone is 2. The van der Waals surface area contributed by atoms with Crippen molar-refractivity contribution in [1.29, 1.82) is 0 Å². The molecule has 0 aromatic heterocycles. The number of hydrogen-bond donors (Lipinski definition) is 1. The number of rotatable bonds is 7. The number of hydrogen-bond acceptors (Lipinski definition) is 6. The molecule has 4 rings (SSSR count). The normalized spacial score (nSPS) is 25.1. The fraction of sp³-hybridized carbons (Fsp3) is 0.409. The minimum atomic E-state index is -0.853. The first kappa shape index (κ1) is 22.0. The lowest BCUT2D eigenvalue weighted by atomic mass is 9.85. The Morgan fingerprint density at radius 1 is 1.12 bits per heavy atom. The average Bonchev–Trinajstić information content (AvgIpc) is 3.43. The van der Waals surface area contributed by atoms with Gasteiger partial charge in [-0.1, -0.05) is 35.9 Å². The lowest BCUT2D eigenvalue weighted by Crippen LogP contribution is -2.40. The number of likely N-dealkylation sites (tertiary alicyclic amines) is 1. The van der Waals surface area contributed by atoms with Gasteiger partial charge in [0, 0.05) is 7.05 Å². The third-order valence-electron chi connectivity index (χ3n) is 6.16. The van der Waals surface area contributed by atoms with E-state index in [-0.39, 0.29) is 30.2 Å². The van der Waals surface area contributed by atoms with Crippen LogP contribution in [0.5, 0.6) is 0 Å². The number of likely N-dealkylation sites (N-methyl/N-ethyl adjacent to an activating group) is 1. The largest absolute Gasteiger partial charge is 0.454 e. The van der Waals surface area contributed by atoms with Crippen molar-refractivity contribution in [2.24, 2.45) is 23.7 Å². The second kappa shape index (κ2) is 8.74. The van der Waals surface area contributed by atoms with Crippen LogP contribution in [0.15, 0.2) is 36.4 Å². The number of fused-ring (bicyclic) bond motifs is 5. The summed E-state index contributed by atoms with van der Waals surface area (Å²) in [5, 5.41) is 2.95. The van der Waals surface area contributed by atoms with E-state index in [0.29, 0.717) is 10.7 Å². The minimum Gasteiger partial charge on any atom is -0.454 e. The summed E-state index contributed by atoms with van der Waals surface area (Å²) in [5.41, 5.74) is 0.416. The summed E-state index contributed by atoms with van der Waals surface area (Å²) in [6.45, 7) is -1.40. The Morgan fingerprint density at radius 3 is 2.38 bits per heavy atom. The molecule has 168 valence electrons. The van der Waals surface area contributed by atoms with E-state index in [2.05, 4.69) is 5.32 Å². The number of halogens is 1. The number of para-hydroxylation sites is 1. The summed E-state index contributed by atoms with van der Waals surface area (Å²) in [6, 6.07) is 6.68. The van der Waals surface area contributed by atoms with Crippen molar-refractivity contribution in [3.63, 3.8) is 0 Å². The number of benzene rings is 1.